The van der Waals surface area contributed by atoms with Gasteiger partial charge in [0.1, 0.15) is 15.9 Å². The molecule has 1 fully saturated rings. The minimum absolute atomic E-state index is 0.0708. The van der Waals surface area contributed by atoms with Gasteiger partial charge < -0.3 is 14.6 Å². The van der Waals surface area contributed by atoms with E-state index in [-0.39, 0.29) is 29.9 Å². The third-order valence-electron chi connectivity index (χ3n) is 5.37. The highest BCUT2D eigenvalue weighted by atomic mass is 35.5. The first-order chi connectivity index (χ1) is 16.2. The monoisotopic (exact) mass is 522 g/mol. The van der Waals surface area contributed by atoms with Crippen molar-refractivity contribution in [2.75, 3.05) is 23.5 Å². The lowest BCUT2D eigenvalue weighted by Crippen LogP contribution is -2.35. The summed E-state index contributed by atoms with van der Waals surface area (Å²) in [6.07, 6.45) is 3.63. The van der Waals surface area contributed by atoms with Crippen LogP contribution in [0.15, 0.2) is 40.8 Å². The molecule has 1 unspecified atom stereocenters. The molecule has 2 amide bonds. The van der Waals surface area contributed by atoms with Gasteiger partial charge >= 0.3 is 0 Å². The van der Waals surface area contributed by atoms with Crippen LogP contribution < -0.4 is 10.2 Å². The van der Waals surface area contributed by atoms with Crippen LogP contribution in [-0.2, 0) is 14.6 Å². The molecule has 1 aliphatic heterocycles. The molecule has 1 saturated heterocycles. The van der Waals surface area contributed by atoms with Crippen molar-refractivity contribution >= 4 is 50.3 Å². The van der Waals surface area contributed by atoms with Gasteiger partial charge in [0, 0.05) is 30.5 Å². The number of amides is 2. The molecule has 1 atom stereocenters. The van der Waals surface area contributed by atoms with Gasteiger partial charge in [0.05, 0.1) is 15.0 Å². The first kappa shape index (κ1) is 24.4. The maximum atomic E-state index is 12.6. The summed E-state index contributed by atoms with van der Waals surface area (Å²) in [4.78, 5) is 26.9. The molecular formula is C22H23ClN4O5S2. The first-order valence-corrected chi connectivity index (χ1v) is 13.9. The summed E-state index contributed by atoms with van der Waals surface area (Å²) in [6, 6.07) is 9.62. The molecule has 0 spiro atoms. The molecule has 0 bridgehead atoms. The number of halogens is 1. The van der Waals surface area contributed by atoms with Crippen molar-refractivity contribution in [3.63, 3.8) is 0 Å². The summed E-state index contributed by atoms with van der Waals surface area (Å²) in [6.45, 7) is 0.694. The summed E-state index contributed by atoms with van der Waals surface area (Å²) in [5.41, 5.74) is 1.45. The Balaban J connectivity index is 1.53. The Hall–Kier alpha value is -2.76. The fourth-order valence-electron chi connectivity index (χ4n) is 3.61. The molecule has 1 aromatic carbocycles. The Morgan fingerprint density at radius 3 is 2.62 bits per heavy atom. The summed E-state index contributed by atoms with van der Waals surface area (Å²) in [5.74, 6) is -0.144. The van der Waals surface area contributed by atoms with E-state index in [9.17, 15) is 18.0 Å². The molecule has 12 heteroatoms. The second-order valence-corrected chi connectivity index (χ2v) is 12.0. The number of carbonyl (C=O) groups excluding carboxylic acids is 2. The van der Waals surface area contributed by atoms with E-state index < -0.39 is 21.8 Å². The average Bonchev–Trinajstić information content (AvgIpc) is 3.46. The number of hydrogen-bond acceptors (Lipinski definition) is 8. The minimum atomic E-state index is -3.28. The fourth-order valence-corrected chi connectivity index (χ4v) is 5.22. The Kier molecular flexibility index (Phi) is 7.34. The molecule has 2 aromatic heterocycles. The molecule has 9 nitrogen and oxygen atoms in total. The van der Waals surface area contributed by atoms with Crippen molar-refractivity contribution in [1.82, 2.24) is 15.5 Å². The predicted molar refractivity (Wildman–Crippen MR) is 130 cm³/mol. The lowest BCUT2D eigenvalue weighted by Gasteiger charge is -2.26. The van der Waals surface area contributed by atoms with Gasteiger partial charge in [-0.15, -0.1) is 21.5 Å². The number of piperidine rings is 1. The van der Waals surface area contributed by atoms with Gasteiger partial charge in [0.2, 0.25) is 17.7 Å². The number of aromatic nitrogens is 2. The molecule has 180 valence electrons. The topological polar surface area (TPSA) is 122 Å². The molecule has 0 saturated carbocycles. The summed E-state index contributed by atoms with van der Waals surface area (Å²) < 4.78 is 29.7. The third-order valence-corrected chi connectivity index (χ3v) is 7.57. The van der Waals surface area contributed by atoms with E-state index in [1.165, 1.54) is 0 Å². The van der Waals surface area contributed by atoms with Gasteiger partial charge in [-0.3, -0.25) is 9.59 Å². The number of sulfone groups is 1. The lowest BCUT2D eigenvalue weighted by atomic mass is 10.1. The third kappa shape index (κ3) is 6.02. The normalized spacial score (nSPS) is 15.4. The molecule has 1 aliphatic rings. The first-order valence-electron chi connectivity index (χ1n) is 10.7. The zero-order chi connectivity index (χ0) is 24.3. The Labute approximate surface area is 206 Å². The SMILES string of the molecule is CS(=O)(=O)CCC(NC(=O)c1ccc(Cl)s1)c1nnc(-c2ccc(N3CCCCC3=O)cc2)o1. The molecule has 4 rings (SSSR count). The maximum Gasteiger partial charge on any atom is 0.262 e. The van der Waals surface area contributed by atoms with Gasteiger partial charge in [-0.05, 0) is 55.7 Å². The van der Waals surface area contributed by atoms with Crippen LogP contribution in [0, 0.1) is 0 Å². The van der Waals surface area contributed by atoms with E-state index in [1.807, 2.05) is 12.1 Å². The van der Waals surface area contributed by atoms with E-state index in [0.717, 1.165) is 36.1 Å². The summed E-state index contributed by atoms with van der Waals surface area (Å²) >= 11 is 7.03. The predicted octanol–water partition coefficient (Wildman–Crippen LogP) is 3.87. The second kappa shape index (κ2) is 10.2. The number of thiophene rings is 1. The number of rotatable bonds is 8. The van der Waals surface area contributed by atoms with E-state index in [1.54, 1.807) is 29.2 Å². The summed E-state index contributed by atoms with van der Waals surface area (Å²) in [7, 11) is -3.28. The number of hydrogen-bond donors (Lipinski definition) is 1. The zero-order valence-corrected chi connectivity index (χ0v) is 20.8. The van der Waals surface area contributed by atoms with Crippen molar-refractivity contribution in [1.29, 1.82) is 0 Å². The van der Waals surface area contributed by atoms with Crippen LogP contribution in [-0.4, -0.2) is 49.0 Å². The van der Waals surface area contributed by atoms with Crippen LogP contribution in [0.1, 0.15) is 47.3 Å². The number of nitrogens with one attached hydrogen (secondary N) is 1. The zero-order valence-electron chi connectivity index (χ0n) is 18.4. The maximum absolute atomic E-state index is 12.6. The van der Waals surface area contributed by atoms with Crippen LogP contribution in [0.5, 0.6) is 0 Å². The minimum Gasteiger partial charge on any atom is -0.418 e. The Bertz CT molecular complexity index is 1290. The van der Waals surface area contributed by atoms with Crippen LogP contribution in [0.3, 0.4) is 0 Å². The van der Waals surface area contributed by atoms with Crippen molar-refractivity contribution in [2.24, 2.45) is 0 Å². The van der Waals surface area contributed by atoms with Crippen LogP contribution in [0.25, 0.3) is 11.5 Å². The van der Waals surface area contributed by atoms with Crippen molar-refractivity contribution in [2.45, 2.75) is 31.7 Å². The van der Waals surface area contributed by atoms with E-state index in [2.05, 4.69) is 15.5 Å². The van der Waals surface area contributed by atoms with Gasteiger partial charge in [-0.2, -0.15) is 0 Å². The summed E-state index contributed by atoms with van der Waals surface area (Å²) in [5, 5.41) is 10.9. The fraction of sp³-hybridized carbons (Fsp3) is 0.364. The van der Waals surface area contributed by atoms with Crippen LogP contribution in [0.4, 0.5) is 5.69 Å². The molecule has 0 radical (unpaired) electrons. The Morgan fingerprint density at radius 2 is 1.97 bits per heavy atom. The number of benzene rings is 1. The van der Waals surface area contributed by atoms with Crippen LogP contribution >= 0.6 is 22.9 Å². The molecule has 3 heterocycles. The molecule has 3 aromatic rings. The van der Waals surface area contributed by atoms with Crippen molar-refractivity contribution in [3.8, 4) is 11.5 Å². The van der Waals surface area contributed by atoms with Crippen molar-refractivity contribution in [3.05, 3.63) is 51.5 Å². The van der Waals surface area contributed by atoms with Gasteiger partial charge in [-0.25, -0.2) is 8.42 Å². The highest BCUT2D eigenvalue weighted by molar-refractivity contribution is 7.90. The van der Waals surface area contributed by atoms with Crippen molar-refractivity contribution < 1.29 is 22.4 Å². The average molecular weight is 523 g/mol. The van der Waals surface area contributed by atoms with E-state index in [0.29, 0.717) is 27.7 Å². The largest absolute Gasteiger partial charge is 0.418 e. The standard InChI is InChI=1S/C22H23ClN4O5S2/c1-34(30,31)13-11-16(24-20(29)17-9-10-18(23)33-17)22-26-25-21(32-22)14-5-7-15(8-6-14)27-12-3-2-4-19(27)28/h5-10,16H,2-4,11-13H2,1H3,(H,24,29). The molecule has 0 aliphatic carbocycles. The highest BCUT2D eigenvalue weighted by Crippen LogP contribution is 2.28. The van der Waals surface area contributed by atoms with E-state index >= 15 is 0 Å². The van der Waals surface area contributed by atoms with Gasteiger partial charge in [-0.1, -0.05) is 11.6 Å². The smallest absolute Gasteiger partial charge is 0.262 e. The van der Waals surface area contributed by atoms with Gasteiger partial charge in [0.15, 0.2) is 0 Å². The molecule has 34 heavy (non-hydrogen) atoms. The van der Waals surface area contributed by atoms with Gasteiger partial charge in [0.25, 0.3) is 5.91 Å². The molecular weight excluding hydrogens is 500 g/mol. The van der Waals surface area contributed by atoms with E-state index in [4.69, 9.17) is 16.0 Å². The highest BCUT2D eigenvalue weighted by Gasteiger charge is 2.25. The quantitative estimate of drug-likeness (QED) is 0.476. The number of nitrogens with zero attached hydrogens (tertiary/aromatic N) is 3. The number of carbonyl (C=O) groups is 2. The Morgan fingerprint density at radius 1 is 1.21 bits per heavy atom. The lowest BCUT2D eigenvalue weighted by molar-refractivity contribution is -0.119. The molecule has 1 N–H and O–H groups in total. The van der Waals surface area contributed by atoms with Crippen LogP contribution in [0.2, 0.25) is 4.34 Å². The second-order valence-electron chi connectivity index (χ2n) is 8.04. The number of anilines is 1.